The molecular weight excluding hydrogens is 236 g/mol. The van der Waals surface area contributed by atoms with E-state index < -0.39 is 5.92 Å². The molecule has 1 rings (SSSR count). The zero-order valence-electron chi connectivity index (χ0n) is 9.20. The Hall–Kier alpha value is -0.920. The van der Waals surface area contributed by atoms with E-state index in [1.54, 1.807) is 14.0 Å². The first-order valence-corrected chi connectivity index (χ1v) is 5.19. The molecule has 90 valence electrons. The van der Waals surface area contributed by atoms with E-state index in [1.165, 1.54) is 16.5 Å². The zero-order valence-corrected chi connectivity index (χ0v) is 10.0. The summed E-state index contributed by atoms with van der Waals surface area (Å²) >= 11 is 0.895. The van der Waals surface area contributed by atoms with E-state index in [2.05, 4.69) is 4.98 Å². The molecule has 0 bridgehead atoms. The van der Waals surface area contributed by atoms with Gasteiger partial charge in [-0.25, -0.2) is 4.98 Å². The van der Waals surface area contributed by atoms with E-state index in [0.717, 1.165) is 19.2 Å². The Labute approximate surface area is 97.1 Å². The average molecular weight is 249 g/mol. The fourth-order valence-electron chi connectivity index (χ4n) is 0.980. The summed E-state index contributed by atoms with van der Waals surface area (Å²) in [7, 11) is 1.60. The Kier molecular flexibility index (Phi) is 4.06. The number of alkyl halides is 2. The first kappa shape index (κ1) is 13.1. The van der Waals surface area contributed by atoms with Crippen LogP contribution in [0.1, 0.15) is 18.3 Å². The molecule has 0 aliphatic rings. The van der Waals surface area contributed by atoms with Crippen LogP contribution in [-0.2, 0) is 5.92 Å². The van der Waals surface area contributed by atoms with E-state index in [9.17, 15) is 8.78 Å². The molecule has 0 unspecified atom stereocenters. The van der Waals surface area contributed by atoms with Gasteiger partial charge in [0, 0.05) is 14.0 Å². The van der Waals surface area contributed by atoms with Gasteiger partial charge in [0.25, 0.3) is 5.92 Å². The Morgan fingerprint density at radius 2 is 2.12 bits per heavy atom. The molecule has 1 aromatic rings. The Morgan fingerprint density at radius 3 is 2.56 bits per heavy atom. The molecule has 7 heteroatoms. The predicted octanol–water partition coefficient (Wildman–Crippen LogP) is 2.25. The molecule has 0 aliphatic carbocycles. The number of pyridine rings is 1. The minimum atomic E-state index is -2.94. The smallest absolute Gasteiger partial charge is 0.286 e. The number of hydrogen-bond donors (Lipinski definition) is 1. The second kappa shape index (κ2) is 4.94. The van der Waals surface area contributed by atoms with E-state index >= 15 is 0 Å². The number of nitrogens with zero attached hydrogens (tertiary/aromatic N) is 2. The number of hydrazine groups is 1. The molecule has 0 saturated heterocycles. The van der Waals surface area contributed by atoms with Crippen molar-refractivity contribution in [1.82, 2.24) is 9.40 Å². The molecule has 1 aromatic heterocycles. The zero-order chi connectivity index (χ0) is 12.3. The van der Waals surface area contributed by atoms with Crippen molar-refractivity contribution < 1.29 is 13.0 Å². The summed E-state index contributed by atoms with van der Waals surface area (Å²) in [6.45, 7) is 2.40. The van der Waals surface area contributed by atoms with Gasteiger partial charge < -0.3 is 4.18 Å². The van der Waals surface area contributed by atoms with Gasteiger partial charge in [0.05, 0.1) is 5.69 Å². The van der Waals surface area contributed by atoms with Crippen LogP contribution < -0.4 is 10.0 Å². The van der Waals surface area contributed by atoms with Crippen molar-refractivity contribution in [2.45, 2.75) is 19.8 Å². The van der Waals surface area contributed by atoms with Gasteiger partial charge in [-0.15, -0.1) is 0 Å². The van der Waals surface area contributed by atoms with Crippen LogP contribution in [0.15, 0.2) is 12.1 Å². The van der Waals surface area contributed by atoms with Crippen molar-refractivity contribution in [3.63, 3.8) is 0 Å². The van der Waals surface area contributed by atoms with Crippen LogP contribution in [0, 0.1) is 6.92 Å². The molecule has 0 saturated carbocycles. The maximum Gasteiger partial charge on any atom is 0.286 e. The summed E-state index contributed by atoms with van der Waals surface area (Å²) in [5.74, 6) is 2.79. The van der Waals surface area contributed by atoms with Crippen molar-refractivity contribution in [2.75, 3.05) is 7.05 Å². The van der Waals surface area contributed by atoms with E-state index in [0.29, 0.717) is 11.4 Å². The Bertz CT molecular complexity index is 368. The lowest BCUT2D eigenvalue weighted by atomic mass is 10.2. The van der Waals surface area contributed by atoms with Crippen LogP contribution in [-0.4, -0.2) is 16.4 Å². The van der Waals surface area contributed by atoms with Gasteiger partial charge in [0.1, 0.15) is 5.69 Å². The minimum absolute atomic E-state index is 0.275. The summed E-state index contributed by atoms with van der Waals surface area (Å²) < 4.78 is 32.3. The maximum atomic E-state index is 12.9. The molecule has 0 spiro atoms. The van der Waals surface area contributed by atoms with Crippen LogP contribution in [0.3, 0.4) is 0 Å². The fourth-order valence-corrected chi connectivity index (χ4v) is 1.35. The highest BCUT2D eigenvalue weighted by atomic mass is 32.2. The lowest BCUT2D eigenvalue weighted by molar-refractivity contribution is 0.0126. The first-order valence-electron chi connectivity index (χ1n) is 4.49. The molecule has 0 radical (unpaired) electrons. The Morgan fingerprint density at radius 1 is 1.50 bits per heavy atom. The SMILES string of the molecule is Cc1nc(C(C)(F)F)ccc1OSN(C)N. The molecule has 0 amide bonds. The number of hydrogen-bond acceptors (Lipinski definition) is 5. The largest absolute Gasteiger partial charge is 0.407 e. The van der Waals surface area contributed by atoms with E-state index in [4.69, 9.17) is 10.0 Å². The maximum absolute atomic E-state index is 12.9. The van der Waals surface area contributed by atoms with E-state index in [-0.39, 0.29) is 5.69 Å². The highest BCUT2D eigenvalue weighted by Gasteiger charge is 2.26. The van der Waals surface area contributed by atoms with Crippen LogP contribution >= 0.6 is 12.2 Å². The highest BCUT2D eigenvalue weighted by Crippen LogP contribution is 2.28. The standard InChI is InChI=1S/C9H13F2N3OS/c1-6-7(15-16-14(3)12)4-5-8(13-6)9(2,10)11/h4-5H,12H2,1-3H3. The normalized spacial score (nSPS) is 11.9. The molecule has 4 nitrogen and oxygen atoms in total. The van der Waals surface area contributed by atoms with E-state index in [1.807, 2.05) is 0 Å². The summed E-state index contributed by atoms with van der Waals surface area (Å²) in [4.78, 5) is 3.77. The van der Waals surface area contributed by atoms with Gasteiger partial charge in [0.2, 0.25) is 0 Å². The van der Waals surface area contributed by atoms with Gasteiger partial charge in [0.15, 0.2) is 18.0 Å². The molecule has 2 N–H and O–H groups in total. The molecule has 0 fully saturated rings. The van der Waals surface area contributed by atoms with Gasteiger partial charge in [-0.05, 0) is 19.1 Å². The lowest BCUT2D eigenvalue weighted by Gasteiger charge is -2.13. The number of rotatable bonds is 4. The van der Waals surface area contributed by atoms with Crippen molar-refractivity contribution in [3.05, 3.63) is 23.5 Å². The second-order valence-electron chi connectivity index (χ2n) is 3.37. The molecule has 0 atom stereocenters. The third kappa shape index (κ3) is 3.58. The predicted molar refractivity (Wildman–Crippen MR) is 58.7 cm³/mol. The minimum Gasteiger partial charge on any atom is -0.407 e. The number of halogens is 2. The highest BCUT2D eigenvalue weighted by molar-refractivity contribution is 7.92. The number of aromatic nitrogens is 1. The van der Waals surface area contributed by atoms with Gasteiger partial charge in [-0.2, -0.15) is 13.2 Å². The molecule has 0 aromatic carbocycles. The monoisotopic (exact) mass is 249 g/mol. The van der Waals surface area contributed by atoms with Gasteiger partial charge in [-0.3, -0.25) is 5.84 Å². The third-order valence-electron chi connectivity index (χ3n) is 1.73. The summed E-state index contributed by atoms with van der Waals surface area (Å²) in [5, 5.41) is 0. The average Bonchev–Trinajstić information content (AvgIpc) is 2.14. The summed E-state index contributed by atoms with van der Waals surface area (Å²) in [5.41, 5.74) is 0.122. The topological polar surface area (TPSA) is 51.4 Å². The van der Waals surface area contributed by atoms with Crippen molar-refractivity contribution in [2.24, 2.45) is 5.84 Å². The summed E-state index contributed by atoms with van der Waals surface area (Å²) in [6.07, 6.45) is 0. The summed E-state index contributed by atoms with van der Waals surface area (Å²) in [6, 6.07) is 2.69. The molecular formula is C9H13F2N3OS. The molecule has 0 aliphatic heterocycles. The fraction of sp³-hybridized carbons (Fsp3) is 0.444. The van der Waals surface area contributed by atoms with Crippen molar-refractivity contribution in [1.29, 1.82) is 0 Å². The molecule has 16 heavy (non-hydrogen) atoms. The van der Waals surface area contributed by atoms with Gasteiger partial charge >= 0.3 is 0 Å². The molecule has 1 heterocycles. The number of nitrogens with two attached hydrogens (primary N) is 1. The van der Waals surface area contributed by atoms with Crippen LogP contribution in [0.2, 0.25) is 0 Å². The van der Waals surface area contributed by atoms with Crippen LogP contribution in [0.25, 0.3) is 0 Å². The van der Waals surface area contributed by atoms with Gasteiger partial charge in [-0.1, -0.05) is 0 Å². The second-order valence-corrected chi connectivity index (χ2v) is 4.26. The van der Waals surface area contributed by atoms with Crippen LogP contribution in [0.5, 0.6) is 5.75 Å². The number of aryl methyl sites for hydroxylation is 1. The van der Waals surface area contributed by atoms with Crippen molar-refractivity contribution >= 4 is 12.2 Å². The Balaban J connectivity index is 2.84. The third-order valence-corrected chi connectivity index (χ3v) is 2.22. The first-order chi connectivity index (χ1) is 7.30. The van der Waals surface area contributed by atoms with Crippen molar-refractivity contribution in [3.8, 4) is 5.75 Å². The quantitative estimate of drug-likeness (QED) is 0.384. The lowest BCUT2D eigenvalue weighted by Crippen LogP contribution is -2.18. The van der Waals surface area contributed by atoms with Crippen LogP contribution in [0.4, 0.5) is 8.78 Å².